The minimum Gasteiger partial charge on any atom is -0.504 e. The molecule has 0 aliphatic carbocycles. The first-order valence-electron chi connectivity index (χ1n) is 6.68. The van der Waals surface area contributed by atoms with Crippen molar-refractivity contribution < 1.29 is 23.0 Å². The van der Waals surface area contributed by atoms with Gasteiger partial charge in [-0.1, -0.05) is 0 Å². The van der Waals surface area contributed by atoms with Crippen molar-refractivity contribution in [3.05, 3.63) is 47.7 Å². The number of ether oxygens (including phenoxy) is 1. The molecule has 1 aromatic carbocycles. The summed E-state index contributed by atoms with van der Waals surface area (Å²) >= 11 is 0. The number of rotatable bonds is 5. The van der Waals surface area contributed by atoms with Crippen LogP contribution in [-0.2, 0) is 6.18 Å². The van der Waals surface area contributed by atoms with Crippen LogP contribution in [0.2, 0.25) is 0 Å². The number of nitrogens with zero attached hydrogens (tertiary/aromatic N) is 2. The number of hydrogen-bond donors (Lipinski definition) is 2. The van der Waals surface area contributed by atoms with E-state index in [0.717, 1.165) is 12.3 Å². The van der Waals surface area contributed by atoms with E-state index in [1.807, 2.05) is 0 Å². The van der Waals surface area contributed by atoms with E-state index in [9.17, 15) is 18.3 Å². The maximum atomic E-state index is 12.4. The van der Waals surface area contributed by atoms with Crippen LogP contribution in [0.25, 0.3) is 0 Å². The number of phenols is 1. The van der Waals surface area contributed by atoms with Gasteiger partial charge in [0.1, 0.15) is 5.82 Å². The van der Waals surface area contributed by atoms with Gasteiger partial charge >= 0.3 is 6.18 Å². The predicted molar refractivity (Wildman–Crippen MR) is 79.7 cm³/mol. The summed E-state index contributed by atoms with van der Waals surface area (Å²) in [5.41, 5.74) is 2.34. The average Bonchev–Trinajstić information content (AvgIpc) is 2.50. The number of phenolic OH excluding ortho intramolecular Hbond substituents is 1. The van der Waals surface area contributed by atoms with Gasteiger partial charge in [-0.3, -0.25) is 5.43 Å². The first-order valence-corrected chi connectivity index (χ1v) is 6.68. The Morgan fingerprint density at radius 2 is 2.09 bits per heavy atom. The van der Waals surface area contributed by atoms with E-state index in [-0.39, 0.29) is 11.6 Å². The lowest BCUT2D eigenvalue weighted by molar-refractivity contribution is -0.137. The van der Waals surface area contributed by atoms with E-state index in [0.29, 0.717) is 17.9 Å². The second-order valence-corrected chi connectivity index (χ2v) is 4.46. The molecule has 0 spiro atoms. The third-order valence-electron chi connectivity index (χ3n) is 2.77. The van der Waals surface area contributed by atoms with Gasteiger partial charge < -0.3 is 9.84 Å². The van der Waals surface area contributed by atoms with E-state index in [4.69, 9.17) is 4.74 Å². The lowest BCUT2D eigenvalue weighted by atomic mass is 10.2. The van der Waals surface area contributed by atoms with Crippen molar-refractivity contribution in [3.8, 4) is 11.5 Å². The highest BCUT2D eigenvalue weighted by atomic mass is 19.4. The van der Waals surface area contributed by atoms with Crippen LogP contribution >= 0.6 is 0 Å². The van der Waals surface area contributed by atoms with Crippen molar-refractivity contribution in [2.75, 3.05) is 12.0 Å². The molecular formula is C15H14F3N3O2. The molecule has 2 aromatic rings. The molecule has 0 bridgehead atoms. The molecule has 1 aromatic heterocycles. The summed E-state index contributed by atoms with van der Waals surface area (Å²) in [6.07, 6.45) is -2.26. The van der Waals surface area contributed by atoms with E-state index in [1.54, 1.807) is 19.1 Å². The Bertz CT molecular complexity index is 685. The largest absolute Gasteiger partial charge is 0.504 e. The van der Waals surface area contributed by atoms with Gasteiger partial charge in [-0.25, -0.2) is 4.98 Å². The Kier molecular flexibility index (Phi) is 5.05. The highest BCUT2D eigenvalue weighted by Gasteiger charge is 2.30. The average molecular weight is 325 g/mol. The molecule has 23 heavy (non-hydrogen) atoms. The molecule has 122 valence electrons. The number of pyridine rings is 1. The smallest absolute Gasteiger partial charge is 0.417 e. The quantitative estimate of drug-likeness (QED) is 0.650. The molecule has 0 fully saturated rings. The normalized spacial score (nSPS) is 11.7. The first kappa shape index (κ1) is 16.6. The highest BCUT2D eigenvalue weighted by Crippen LogP contribution is 2.29. The molecule has 0 radical (unpaired) electrons. The topological polar surface area (TPSA) is 66.7 Å². The van der Waals surface area contributed by atoms with Crippen molar-refractivity contribution in [1.82, 2.24) is 4.98 Å². The van der Waals surface area contributed by atoms with E-state index in [2.05, 4.69) is 15.5 Å². The van der Waals surface area contributed by atoms with E-state index in [1.165, 1.54) is 18.3 Å². The predicted octanol–water partition coefficient (Wildman–Crippen LogP) is 3.65. The second-order valence-electron chi connectivity index (χ2n) is 4.46. The van der Waals surface area contributed by atoms with Crippen LogP contribution in [0.4, 0.5) is 19.0 Å². The Morgan fingerprint density at radius 3 is 2.70 bits per heavy atom. The van der Waals surface area contributed by atoms with E-state index < -0.39 is 11.7 Å². The molecule has 0 saturated carbocycles. The Morgan fingerprint density at radius 1 is 1.30 bits per heavy atom. The van der Waals surface area contributed by atoms with Gasteiger partial charge in [-0.05, 0) is 42.8 Å². The summed E-state index contributed by atoms with van der Waals surface area (Å²) in [6, 6.07) is 6.76. The van der Waals surface area contributed by atoms with Gasteiger partial charge in [0, 0.05) is 6.20 Å². The van der Waals surface area contributed by atoms with Crippen molar-refractivity contribution in [3.63, 3.8) is 0 Å². The molecule has 0 aliphatic rings. The first-order chi connectivity index (χ1) is 10.9. The van der Waals surface area contributed by atoms with Crippen LogP contribution in [-0.4, -0.2) is 22.9 Å². The van der Waals surface area contributed by atoms with E-state index >= 15 is 0 Å². The van der Waals surface area contributed by atoms with Crippen LogP contribution in [0.3, 0.4) is 0 Å². The molecule has 1 heterocycles. The summed E-state index contributed by atoms with van der Waals surface area (Å²) in [7, 11) is 0. The van der Waals surface area contributed by atoms with Crippen LogP contribution in [0.15, 0.2) is 41.6 Å². The Hall–Kier alpha value is -2.77. The zero-order valence-corrected chi connectivity index (χ0v) is 12.1. The van der Waals surface area contributed by atoms with Gasteiger partial charge in [0.05, 0.1) is 18.4 Å². The molecule has 2 rings (SSSR count). The number of alkyl halides is 3. The van der Waals surface area contributed by atoms with Crippen molar-refractivity contribution in [2.24, 2.45) is 5.10 Å². The summed E-state index contributed by atoms with van der Waals surface area (Å²) in [5, 5.41) is 13.5. The zero-order valence-electron chi connectivity index (χ0n) is 12.1. The Balaban J connectivity index is 2.03. The zero-order chi connectivity index (χ0) is 16.9. The maximum Gasteiger partial charge on any atom is 0.417 e. The fourth-order valence-corrected chi connectivity index (χ4v) is 1.68. The summed E-state index contributed by atoms with van der Waals surface area (Å²) in [4.78, 5) is 3.63. The number of halogens is 3. The SMILES string of the molecule is CCOc1cc(C=NNc2ccc(C(F)(F)F)cn2)ccc1O. The molecule has 0 unspecified atom stereocenters. The molecule has 2 N–H and O–H groups in total. The summed E-state index contributed by atoms with van der Waals surface area (Å²) in [6.45, 7) is 2.19. The molecule has 0 saturated heterocycles. The number of aromatic nitrogens is 1. The number of benzene rings is 1. The number of anilines is 1. The molecule has 8 heteroatoms. The fraction of sp³-hybridized carbons (Fsp3) is 0.200. The highest BCUT2D eigenvalue weighted by molar-refractivity contribution is 5.81. The van der Waals surface area contributed by atoms with Gasteiger partial charge in [-0.2, -0.15) is 18.3 Å². The standard InChI is InChI=1S/C15H14F3N3O2/c1-2-23-13-7-10(3-5-12(13)22)8-20-21-14-6-4-11(9-19-14)15(16,17)18/h3-9,22H,2H2,1H3,(H,19,21). The molecule has 0 amide bonds. The lowest BCUT2D eigenvalue weighted by Gasteiger charge is -2.07. The van der Waals surface area contributed by atoms with Crippen molar-refractivity contribution >= 4 is 12.0 Å². The summed E-state index contributed by atoms with van der Waals surface area (Å²) in [5.74, 6) is 0.517. The molecule has 0 aliphatic heterocycles. The fourth-order valence-electron chi connectivity index (χ4n) is 1.68. The number of hydrogen-bond acceptors (Lipinski definition) is 5. The second kappa shape index (κ2) is 6.99. The Labute approximate surface area is 130 Å². The number of nitrogens with one attached hydrogen (secondary N) is 1. The third-order valence-corrected chi connectivity index (χ3v) is 2.77. The van der Waals surface area contributed by atoms with Gasteiger partial charge in [0.25, 0.3) is 0 Å². The number of aromatic hydroxyl groups is 1. The van der Waals surface area contributed by atoms with Crippen LogP contribution < -0.4 is 10.2 Å². The molecule has 5 nitrogen and oxygen atoms in total. The van der Waals surface area contributed by atoms with Crippen molar-refractivity contribution in [2.45, 2.75) is 13.1 Å². The summed E-state index contributed by atoms with van der Waals surface area (Å²) < 4.78 is 42.4. The van der Waals surface area contributed by atoms with Crippen LogP contribution in [0.1, 0.15) is 18.1 Å². The molecule has 0 atom stereocenters. The van der Waals surface area contributed by atoms with Gasteiger partial charge in [-0.15, -0.1) is 0 Å². The van der Waals surface area contributed by atoms with Crippen LogP contribution in [0, 0.1) is 0 Å². The third kappa shape index (κ3) is 4.60. The minimum atomic E-state index is -4.42. The number of hydrazone groups is 1. The van der Waals surface area contributed by atoms with Gasteiger partial charge in [0.15, 0.2) is 11.5 Å². The van der Waals surface area contributed by atoms with Crippen LogP contribution in [0.5, 0.6) is 11.5 Å². The van der Waals surface area contributed by atoms with Gasteiger partial charge in [0.2, 0.25) is 0 Å². The van der Waals surface area contributed by atoms with Crippen molar-refractivity contribution in [1.29, 1.82) is 0 Å². The minimum absolute atomic E-state index is 0.0152. The monoisotopic (exact) mass is 325 g/mol. The molecular weight excluding hydrogens is 311 g/mol. The lowest BCUT2D eigenvalue weighted by Crippen LogP contribution is -2.05. The maximum absolute atomic E-state index is 12.4.